The number of nitrogens with one attached hydrogen (secondary N) is 4. The monoisotopic (exact) mass is 237 g/mol. The molecule has 17 heavy (non-hydrogen) atoms. The summed E-state index contributed by atoms with van der Waals surface area (Å²) in [5.74, 6) is -0.386. The Morgan fingerprint density at radius 1 is 1.53 bits per heavy atom. The molecule has 1 saturated heterocycles. The van der Waals surface area contributed by atoms with Crippen molar-refractivity contribution in [2.45, 2.75) is 18.9 Å². The zero-order valence-electron chi connectivity index (χ0n) is 9.32. The van der Waals surface area contributed by atoms with E-state index in [0.29, 0.717) is 5.69 Å². The molecular formula is C10H15N5O2. The lowest BCUT2D eigenvalue weighted by Gasteiger charge is -2.10. The highest BCUT2D eigenvalue weighted by Crippen LogP contribution is 2.04. The maximum atomic E-state index is 11.6. The van der Waals surface area contributed by atoms with E-state index in [2.05, 4.69) is 26.1 Å². The van der Waals surface area contributed by atoms with Crippen molar-refractivity contribution in [1.29, 1.82) is 0 Å². The van der Waals surface area contributed by atoms with Crippen LogP contribution in [0.3, 0.4) is 0 Å². The first-order valence-corrected chi connectivity index (χ1v) is 5.55. The van der Waals surface area contributed by atoms with Crippen LogP contribution in [0.5, 0.6) is 0 Å². The molecule has 2 amide bonds. The molecule has 0 bridgehead atoms. The summed E-state index contributed by atoms with van der Waals surface area (Å²) < 4.78 is 0. The van der Waals surface area contributed by atoms with Gasteiger partial charge >= 0.3 is 0 Å². The van der Waals surface area contributed by atoms with Gasteiger partial charge in [0.2, 0.25) is 11.8 Å². The molecule has 0 spiro atoms. The highest BCUT2D eigenvalue weighted by molar-refractivity contribution is 5.95. The van der Waals surface area contributed by atoms with E-state index in [1.54, 1.807) is 6.20 Å². The van der Waals surface area contributed by atoms with Crippen molar-refractivity contribution in [1.82, 2.24) is 20.8 Å². The topological polar surface area (TPSA) is 98.9 Å². The van der Waals surface area contributed by atoms with E-state index in [9.17, 15) is 9.59 Å². The lowest BCUT2D eigenvalue weighted by Crippen LogP contribution is -2.43. The second-order valence-corrected chi connectivity index (χ2v) is 3.90. The fraction of sp³-hybridized carbons (Fsp3) is 0.500. The lowest BCUT2D eigenvalue weighted by atomic mass is 10.2. The van der Waals surface area contributed by atoms with Crippen molar-refractivity contribution in [2.75, 3.05) is 18.4 Å². The van der Waals surface area contributed by atoms with Crippen LogP contribution in [0.1, 0.15) is 12.8 Å². The molecule has 0 aromatic carbocycles. The van der Waals surface area contributed by atoms with E-state index in [0.717, 1.165) is 19.4 Å². The van der Waals surface area contributed by atoms with Gasteiger partial charge in [0, 0.05) is 6.20 Å². The Kier molecular flexibility index (Phi) is 3.71. The van der Waals surface area contributed by atoms with Crippen molar-refractivity contribution in [2.24, 2.45) is 0 Å². The van der Waals surface area contributed by atoms with Crippen molar-refractivity contribution in [3.8, 4) is 0 Å². The number of nitrogens with zero attached hydrogens (tertiary/aromatic N) is 1. The summed E-state index contributed by atoms with van der Waals surface area (Å²) in [4.78, 5) is 23.0. The Bertz CT molecular complexity index is 383. The predicted molar refractivity (Wildman–Crippen MR) is 61.3 cm³/mol. The third kappa shape index (κ3) is 3.28. The minimum Gasteiger partial charge on any atom is -0.346 e. The number of hydrogen-bond acceptors (Lipinski definition) is 4. The molecule has 1 atom stereocenters. The largest absolute Gasteiger partial charge is 0.346 e. The average molecular weight is 237 g/mol. The van der Waals surface area contributed by atoms with E-state index in [1.165, 1.54) is 6.20 Å². The Balaban J connectivity index is 1.70. The highest BCUT2D eigenvalue weighted by atomic mass is 16.2. The number of aromatic amines is 1. The van der Waals surface area contributed by atoms with E-state index in [-0.39, 0.29) is 24.4 Å². The second-order valence-electron chi connectivity index (χ2n) is 3.90. The van der Waals surface area contributed by atoms with Gasteiger partial charge in [-0.05, 0) is 19.4 Å². The number of rotatable bonds is 4. The second kappa shape index (κ2) is 5.44. The summed E-state index contributed by atoms with van der Waals surface area (Å²) in [5, 5.41) is 14.5. The molecule has 92 valence electrons. The standard InChI is InChI=1S/C10H15N5O2/c16-9(15-7-4-13-14-5-7)6-12-10(17)8-2-1-3-11-8/h4-5,8,11H,1-3,6H2,(H,12,17)(H,13,14)(H,15,16). The van der Waals surface area contributed by atoms with Gasteiger partial charge in [-0.2, -0.15) is 5.10 Å². The summed E-state index contributed by atoms with van der Waals surface area (Å²) >= 11 is 0. The minimum absolute atomic E-state index is 0.0256. The van der Waals surface area contributed by atoms with Gasteiger partial charge in [0.1, 0.15) is 0 Å². The molecule has 1 fully saturated rings. The summed E-state index contributed by atoms with van der Waals surface area (Å²) in [7, 11) is 0. The molecule has 1 unspecified atom stereocenters. The van der Waals surface area contributed by atoms with Gasteiger partial charge in [-0.3, -0.25) is 14.7 Å². The minimum atomic E-state index is -0.266. The third-order valence-electron chi connectivity index (χ3n) is 2.58. The number of carbonyl (C=O) groups excluding carboxylic acids is 2. The fourth-order valence-electron chi connectivity index (χ4n) is 1.72. The summed E-state index contributed by atoms with van der Waals surface area (Å²) in [6.45, 7) is 0.835. The Morgan fingerprint density at radius 2 is 2.41 bits per heavy atom. The number of hydrogen-bond donors (Lipinski definition) is 4. The first-order chi connectivity index (χ1) is 8.25. The summed E-state index contributed by atoms with van der Waals surface area (Å²) in [5.41, 5.74) is 0.586. The van der Waals surface area contributed by atoms with Gasteiger partial charge in [0.05, 0.1) is 24.5 Å². The van der Waals surface area contributed by atoms with Gasteiger partial charge in [0.15, 0.2) is 0 Å². The van der Waals surface area contributed by atoms with Gasteiger partial charge in [-0.25, -0.2) is 0 Å². The van der Waals surface area contributed by atoms with Crippen LogP contribution in [0.15, 0.2) is 12.4 Å². The molecule has 0 saturated carbocycles. The van der Waals surface area contributed by atoms with Gasteiger partial charge in [0.25, 0.3) is 0 Å². The molecule has 0 radical (unpaired) electrons. The number of aromatic nitrogens is 2. The normalized spacial score (nSPS) is 18.9. The fourth-order valence-corrected chi connectivity index (χ4v) is 1.72. The molecule has 4 N–H and O–H groups in total. The molecule has 7 nitrogen and oxygen atoms in total. The van der Waals surface area contributed by atoms with E-state index < -0.39 is 0 Å². The van der Waals surface area contributed by atoms with Crippen LogP contribution in [0.2, 0.25) is 0 Å². The number of H-pyrrole nitrogens is 1. The molecule has 2 rings (SSSR count). The highest BCUT2D eigenvalue weighted by Gasteiger charge is 2.21. The van der Waals surface area contributed by atoms with Crippen LogP contribution >= 0.6 is 0 Å². The number of anilines is 1. The molecule has 0 aliphatic carbocycles. The Hall–Kier alpha value is -1.89. The van der Waals surface area contributed by atoms with Crippen molar-refractivity contribution in [3.63, 3.8) is 0 Å². The summed E-state index contributed by atoms with van der Waals surface area (Å²) in [6, 6.07) is -0.156. The Labute approximate surface area is 98.4 Å². The molecule has 1 aliphatic rings. The molecule has 1 aromatic heterocycles. The van der Waals surface area contributed by atoms with Gasteiger partial charge < -0.3 is 16.0 Å². The SMILES string of the molecule is O=C(CNC(=O)C1CCCN1)Nc1cn[nH]c1. The molecule has 1 aromatic rings. The van der Waals surface area contributed by atoms with Crippen LogP contribution in [-0.2, 0) is 9.59 Å². The van der Waals surface area contributed by atoms with Gasteiger partial charge in [-0.1, -0.05) is 0 Å². The van der Waals surface area contributed by atoms with E-state index >= 15 is 0 Å². The van der Waals surface area contributed by atoms with Gasteiger partial charge in [-0.15, -0.1) is 0 Å². The van der Waals surface area contributed by atoms with E-state index in [1.807, 2.05) is 0 Å². The third-order valence-corrected chi connectivity index (χ3v) is 2.58. The maximum Gasteiger partial charge on any atom is 0.243 e. The smallest absolute Gasteiger partial charge is 0.243 e. The predicted octanol–water partition coefficient (Wildman–Crippen LogP) is -0.784. The molecule has 7 heteroatoms. The van der Waals surface area contributed by atoms with Crippen LogP contribution in [-0.4, -0.2) is 41.1 Å². The van der Waals surface area contributed by atoms with Crippen LogP contribution in [0.25, 0.3) is 0 Å². The van der Waals surface area contributed by atoms with Crippen molar-refractivity contribution < 1.29 is 9.59 Å². The Morgan fingerprint density at radius 3 is 3.06 bits per heavy atom. The number of amides is 2. The quantitative estimate of drug-likeness (QED) is 0.552. The zero-order chi connectivity index (χ0) is 12.1. The number of carbonyl (C=O) groups is 2. The van der Waals surface area contributed by atoms with Crippen LogP contribution in [0, 0.1) is 0 Å². The molecule has 2 heterocycles. The van der Waals surface area contributed by atoms with E-state index in [4.69, 9.17) is 0 Å². The lowest BCUT2D eigenvalue weighted by molar-refractivity contribution is -0.125. The summed E-state index contributed by atoms with van der Waals surface area (Å²) in [6.07, 6.45) is 4.89. The van der Waals surface area contributed by atoms with Crippen LogP contribution in [0.4, 0.5) is 5.69 Å². The molecular weight excluding hydrogens is 222 g/mol. The first kappa shape index (κ1) is 11.6. The zero-order valence-corrected chi connectivity index (χ0v) is 9.32. The molecule has 1 aliphatic heterocycles. The van der Waals surface area contributed by atoms with Crippen LogP contribution < -0.4 is 16.0 Å². The van der Waals surface area contributed by atoms with Crippen molar-refractivity contribution in [3.05, 3.63) is 12.4 Å². The first-order valence-electron chi connectivity index (χ1n) is 5.55. The maximum absolute atomic E-state index is 11.6. The average Bonchev–Trinajstić information content (AvgIpc) is 2.97. The van der Waals surface area contributed by atoms with Crippen molar-refractivity contribution >= 4 is 17.5 Å².